The van der Waals surface area contributed by atoms with E-state index in [-0.39, 0.29) is 30.5 Å². The summed E-state index contributed by atoms with van der Waals surface area (Å²) in [5.41, 5.74) is -0.865. The lowest BCUT2D eigenvalue weighted by atomic mass is 10.5. The van der Waals surface area contributed by atoms with E-state index in [4.69, 9.17) is 0 Å². The number of halogens is 4. The molecule has 6 nitrogen and oxygen atoms in total. The van der Waals surface area contributed by atoms with Crippen molar-refractivity contribution in [3.05, 3.63) is 34.5 Å². The Labute approximate surface area is 152 Å². The van der Waals surface area contributed by atoms with Gasteiger partial charge in [0.25, 0.3) is 0 Å². The monoisotopic (exact) mass is 460 g/mol. The molecule has 128 valence electrons. The highest BCUT2D eigenvalue weighted by atomic mass is 127. The molecule has 0 fully saturated rings. The highest BCUT2D eigenvalue weighted by molar-refractivity contribution is 14.0. The van der Waals surface area contributed by atoms with Crippen LogP contribution in [-0.4, -0.2) is 34.3 Å². The maximum Gasteiger partial charge on any atom is 0.434 e. The van der Waals surface area contributed by atoms with Gasteiger partial charge in [-0.1, -0.05) is 0 Å². The molecular formula is C12H16F3IN6S. The molecule has 0 amide bonds. The number of aliphatic imine (C=N–C) groups is 1. The van der Waals surface area contributed by atoms with Crippen molar-refractivity contribution < 1.29 is 13.2 Å². The molecule has 0 unspecified atom stereocenters. The normalized spacial score (nSPS) is 11.9. The van der Waals surface area contributed by atoms with Gasteiger partial charge >= 0.3 is 6.18 Å². The number of hydrogen-bond donors (Lipinski definition) is 2. The Morgan fingerprint density at radius 2 is 2.17 bits per heavy atom. The first-order chi connectivity index (χ1) is 10.5. The maximum absolute atomic E-state index is 12.4. The van der Waals surface area contributed by atoms with Crippen LogP contribution >= 0.6 is 35.3 Å². The summed E-state index contributed by atoms with van der Waals surface area (Å²) in [6.45, 7) is 1.43. The van der Waals surface area contributed by atoms with E-state index >= 15 is 0 Å². The van der Waals surface area contributed by atoms with Crippen LogP contribution in [0.3, 0.4) is 0 Å². The number of rotatable bonds is 5. The fourth-order valence-electron chi connectivity index (χ4n) is 1.62. The number of thiazole rings is 1. The molecule has 11 heteroatoms. The Bertz CT molecular complexity index is 611. The van der Waals surface area contributed by atoms with Gasteiger partial charge < -0.3 is 10.6 Å². The molecule has 0 aliphatic heterocycles. The molecule has 23 heavy (non-hydrogen) atoms. The van der Waals surface area contributed by atoms with Crippen LogP contribution in [0.2, 0.25) is 0 Å². The molecule has 2 rings (SSSR count). The van der Waals surface area contributed by atoms with E-state index < -0.39 is 11.9 Å². The smallest absolute Gasteiger partial charge is 0.355 e. The van der Waals surface area contributed by atoms with E-state index in [1.165, 1.54) is 0 Å². The van der Waals surface area contributed by atoms with E-state index in [0.29, 0.717) is 24.1 Å². The summed E-state index contributed by atoms with van der Waals surface area (Å²) in [4.78, 5) is 7.54. The van der Waals surface area contributed by atoms with Gasteiger partial charge in [-0.25, -0.2) is 4.98 Å². The SMILES string of the molecule is CN=C(NCCn1cccn1)NCc1nc(C(F)(F)F)cs1.I. The van der Waals surface area contributed by atoms with Crippen LogP contribution in [0.25, 0.3) is 0 Å². The third-order valence-corrected chi connectivity index (χ3v) is 3.51. The van der Waals surface area contributed by atoms with Crippen LogP contribution in [0, 0.1) is 0 Å². The minimum atomic E-state index is -4.40. The van der Waals surface area contributed by atoms with E-state index in [1.807, 2.05) is 12.3 Å². The van der Waals surface area contributed by atoms with Crippen molar-refractivity contribution in [2.75, 3.05) is 13.6 Å². The van der Waals surface area contributed by atoms with E-state index in [0.717, 1.165) is 16.7 Å². The number of guanidine groups is 1. The summed E-state index contributed by atoms with van der Waals surface area (Å²) in [7, 11) is 1.59. The van der Waals surface area contributed by atoms with Gasteiger partial charge in [0.05, 0.1) is 13.1 Å². The Morgan fingerprint density at radius 3 is 2.74 bits per heavy atom. The van der Waals surface area contributed by atoms with Crippen LogP contribution in [0.4, 0.5) is 13.2 Å². The average Bonchev–Trinajstić information content (AvgIpc) is 3.13. The second-order valence-corrected chi connectivity index (χ2v) is 5.19. The standard InChI is InChI=1S/C12H15F3N6S.HI/c1-16-11(17-4-6-21-5-2-3-19-21)18-7-10-20-9(8-22-10)12(13,14)15;/h2-3,5,8H,4,6-7H2,1H3,(H2,16,17,18);1H. The van der Waals surface area contributed by atoms with E-state index in [9.17, 15) is 13.2 Å². The Kier molecular flexibility index (Phi) is 7.75. The zero-order valence-corrected chi connectivity index (χ0v) is 15.3. The van der Waals surface area contributed by atoms with Gasteiger partial charge in [0.2, 0.25) is 0 Å². The first kappa shape index (κ1) is 19.7. The van der Waals surface area contributed by atoms with Crippen LogP contribution in [0.5, 0.6) is 0 Å². The van der Waals surface area contributed by atoms with Crippen molar-refractivity contribution in [3.8, 4) is 0 Å². The number of alkyl halides is 3. The molecule has 2 heterocycles. The highest BCUT2D eigenvalue weighted by Gasteiger charge is 2.33. The second-order valence-electron chi connectivity index (χ2n) is 4.25. The fourth-order valence-corrected chi connectivity index (χ4v) is 2.36. The molecule has 0 saturated heterocycles. The molecule has 0 spiro atoms. The van der Waals surface area contributed by atoms with Crippen molar-refractivity contribution in [1.82, 2.24) is 25.4 Å². The Morgan fingerprint density at radius 1 is 1.39 bits per heavy atom. The van der Waals surface area contributed by atoms with Crippen molar-refractivity contribution >= 4 is 41.3 Å². The summed E-state index contributed by atoms with van der Waals surface area (Å²) in [5.74, 6) is 0.496. The first-order valence-corrected chi connectivity index (χ1v) is 7.30. The van der Waals surface area contributed by atoms with Crippen LogP contribution < -0.4 is 10.6 Å². The fraction of sp³-hybridized carbons (Fsp3) is 0.417. The lowest BCUT2D eigenvalue weighted by Gasteiger charge is -2.10. The zero-order chi connectivity index (χ0) is 16.0. The molecule has 0 aliphatic carbocycles. The predicted molar refractivity (Wildman–Crippen MR) is 93.0 cm³/mol. The van der Waals surface area contributed by atoms with Gasteiger partial charge in [-0.15, -0.1) is 35.3 Å². The number of hydrogen-bond acceptors (Lipinski definition) is 4. The molecule has 0 atom stereocenters. The Balaban J connectivity index is 0.00000264. The lowest BCUT2D eigenvalue weighted by molar-refractivity contribution is -0.140. The van der Waals surface area contributed by atoms with E-state index in [1.54, 1.807) is 17.9 Å². The van der Waals surface area contributed by atoms with Crippen LogP contribution in [-0.2, 0) is 19.3 Å². The van der Waals surface area contributed by atoms with E-state index in [2.05, 4.69) is 25.7 Å². The van der Waals surface area contributed by atoms with Crippen molar-refractivity contribution in [2.45, 2.75) is 19.3 Å². The minimum absolute atomic E-state index is 0. The maximum atomic E-state index is 12.4. The molecule has 0 bridgehead atoms. The summed E-state index contributed by atoms with van der Waals surface area (Å²) in [6.07, 6.45) is -0.877. The van der Waals surface area contributed by atoms with Gasteiger partial charge in [0.1, 0.15) is 5.01 Å². The topological polar surface area (TPSA) is 67.1 Å². The molecule has 0 saturated carbocycles. The molecule has 2 aromatic heterocycles. The molecular weight excluding hydrogens is 444 g/mol. The molecule has 2 aromatic rings. The molecule has 0 aliphatic rings. The lowest BCUT2D eigenvalue weighted by Crippen LogP contribution is -2.38. The van der Waals surface area contributed by atoms with Gasteiger partial charge in [-0.05, 0) is 6.07 Å². The minimum Gasteiger partial charge on any atom is -0.355 e. The quantitative estimate of drug-likeness (QED) is 0.409. The van der Waals surface area contributed by atoms with Crippen LogP contribution in [0.1, 0.15) is 10.7 Å². The summed E-state index contributed by atoms with van der Waals surface area (Å²) in [5, 5.41) is 11.4. The van der Waals surface area contributed by atoms with Crippen molar-refractivity contribution in [3.63, 3.8) is 0 Å². The van der Waals surface area contributed by atoms with Gasteiger partial charge in [-0.2, -0.15) is 18.3 Å². The van der Waals surface area contributed by atoms with Gasteiger partial charge in [-0.3, -0.25) is 9.67 Å². The van der Waals surface area contributed by atoms with Gasteiger partial charge in [0, 0.05) is 31.4 Å². The molecule has 0 aromatic carbocycles. The number of aromatic nitrogens is 3. The largest absolute Gasteiger partial charge is 0.434 e. The Hall–Kier alpha value is -1.37. The highest BCUT2D eigenvalue weighted by Crippen LogP contribution is 2.29. The van der Waals surface area contributed by atoms with Gasteiger partial charge in [0.15, 0.2) is 11.7 Å². The summed E-state index contributed by atoms with van der Waals surface area (Å²) < 4.78 is 39.1. The predicted octanol–water partition coefficient (Wildman–Crippen LogP) is 2.34. The van der Waals surface area contributed by atoms with Crippen molar-refractivity contribution in [2.24, 2.45) is 4.99 Å². The summed E-state index contributed by atoms with van der Waals surface area (Å²) in [6, 6.07) is 1.83. The third kappa shape index (κ3) is 6.33. The first-order valence-electron chi connectivity index (χ1n) is 6.42. The third-order valence-electron chi connectivity index (χ3n) is 2.67. The van der Waals surface area contributed by atoms with Crippen LogP contribution in [0.15, 0.2) is 28.8 Å². The molecule has 0 radical (unpaired) electrons. The average molecular weight is 460 g/mol. The summed E-state index contributed by atoms with van der Waals surface area (Å²) >= 11 is 0.960. The van der Waals surface area contributed by atoms with Crippen molar-refractivity contribution in [1.29, 1.82) is 0 Å². The zero-order valence-electron chi connectivity index (χ0n) is 12.2. The second kappa shape index (κ2) is 9.05. The number of nitrogens with zero attached hydrogens (tertiary/aromatic N) is 4. The molecule has 2 N–H and O–H groups in total. The number of nitrogens with one attached hydrogen (secondary N) is 2.